The number of unbranched alkanes of at least 4 members (excludes halogenated alkanes) is 3. The van der Waals surface area contributed by atoms with Crippen molar-refractivity contribution in [1.82, 2.24) is 4.90 Å². The number of rotatable bonds is 10. The van der Waals surface area contributed by atoms with E-state index in [1.165, 1.54) is 19.3 Å². The van der Waals surface area contributed by atoms with E-state index in [1.54, 1.807) is 0 Å². The summed E-state index contributed by atoms with van der Waals surface area (Å²) in [5.41, 5.74) is 0. The monoisotopic (exact) mass is 429 g/mol. The molecule has 0 N–H and O–H groups in total. The van der Waals surface area contributed by atoms with Gasteiger partial charge in [-0.1, -0.05) is 33.6 Å². The first kappa shape index (κ1) is 25.3. The highest BCUT2D eigenvalue weighted by Crippen LogP contribution is 2.42. The standard InChI is InChI=1S/C23H47NO4Si/c1-10-25-16-14-12-11-13-15-24-17-19(28-29(8,9)22(3,4)5)21-20(18(24)2)26-23(6,7)27-21/h18-21H,10-17H2,1-9H3/t18-,19+,20+,21-/m1/s1. The van der Waals surface area contributed by atoms with Crippen LogP contribution in [0.25, 0.3) is 0 Å². The molecule has 0 aromatic rings. The van der Waals surface area contributed by atoms with Crippen molar-refractivity contribution < 1.29 is 18.6 Å². The van der Waals surface area contributed by atoms with E-state index in [0.717, 1.165) is 32.7 Å². The van der Waals surface area contributed by atoms with Gasteiger partial charge < -0.3 is 18.6 Å². The van der Waals surface area contributed by atoms with E-state index in [1.807, 2.05) is 13.8 Å². The number of hydrogen-bond acceptors (Lipinski definition) is 5. The molecule has 0 spiro atoms. The Balaban J connectivity index is 1.99. The van der Waals surface area contributed by atoms with Crippen LogP contribution in [0.4, 0.5) is 0 Å². The van der Waals surface area contributed by atoms with Gasteiger partial charge in [0.05, 0.1) is 6.10 Å². The van der Waals surface area contributed by atoms with Gasteiger partial charge in [0.15, 0.2) is 14.1 Å². The second-order valence-electron chi connectivity index (χ2n) is 10.8. The molecule has 0 aliphatic carbocycles. The molecule has 2 aliphatic rings. The third-order valence-corrected chi connectivity index (χ3v) is 11.4. The summed E-state index contributed by atoms with van der Waals surface area (Å²) >= 11 is 0. The maximum absolute atomic E-state index is 6.88. The van der Waals surface area contributed by atoms with Crippen molar-refractivity contribution in [2.75, 3.05) is 26.3 Å². The lowest BCUT2D eigenvalue weighted by Gasteiger charge is -2.48. The molecule has 2 heterocycles. The Labute approximate surface area is 180 Å². The fourth-order valence-electron chi connectivity index (χ4n) is 4.16. The van der Waals surface area contributed by atoms with Crippen LogP contribution >= 0.6 is 0 Å². The van der Waals surface area contributed by atoms with E-state index in [0.29, 0.717) is 6.04 Å². The van der Waals surface area contributed by atoms with Crippen LogP contribution in [0.2, 0.25) is 18.1 Å². The summed E-state index contributed by atoms with van der Waals surface area (Å²) in [5, 5.41) is 0.186. The molecule has 4 atom stereocenters. The molecular formula is C23H47NO4Si. The summed E-state index contributed by atoms with van der Waals surface area (Å²) in [5.74, 6) is -0.534. The van der Waals surface area contributed by atoms with Gasteiger partial charge in [-0.2, -0.15) is 0 Å². The summed E-state index contributed by atoms with van der Waals surface area (Å²) in [6.07, 6.45) is 5.05. The highest BCUT2D eigenvalue weighted by Gasteiger charge is 2.54. The van der Waals surface area contributed by atoms with Gasteiger partial charge in [0.1, 0.15) is 12.2 Å². The van der Waals surface area contributed by atoms with Crippen LogP contribution in [0.15, 0.2) is 0 Å². The first-order valence-electron chi connectivity index (χ1n) is 11.7. The van der Waals surface area contributed by atoms with Crippen molar-refractivity contribution in [3.63, 3.8) is 0 Å². The molecular weight excluding hydrogens is 382 g/mol. The summed E-state index contributed by atoms with van der Waals surface area (Å²) in [7, 11) is -1.88. The zero-order valence-electron chi connectivity index (χ0n) is 20.5. The molecule has 0 bridgehead atoms. The average Bonchev–Trinajstić information content (AvgIpc) is 2.92. The molecule has 5 nitrogen and oxygen atoms in total. The van der Waals surface area contributed by atoms with Gasteiger partial charge in [-0.05, 0) is 65.2 Å². The Kier molecular flexibility index (Phi) is 8.80. The minimum absolute atomic E-state index is 0.0246. The second kappa shape index (κ2) is 10.1. The number of piperidine rings is 1. The van der Waals surface area contributed by atoms with Crippen LogP contribution in [-0.4, -0.2) is 69.7 Å². The maximum Gasteiger partial charge on any atom is 0.192 e. The predicted octanol–water partition coefficient (Wildman–Crippen LogP) is 5.20. The van der Waals surface area contributed by atoms with Gasteiger partial charge in [0.2, 0.25) is 0 Å². The number of ether oxygens (including phenoxy) is 3. The van der Waals surface area contributed by atoms with Crippen molar-refractivity contribution in [1.29, 1.82) is 0 Å². The quantitative estimate of drug-likeness (QED) is 0.353. The fraction of sp³-hybridized carbons (Fsp3) is 1.00. The molecule has 2 aliphatic heterocycles. The summed E-state index contributed by atoms with van der Waals surface area (Å²) in [6.45, 7) is 23.7. The van der Waals surface area contributed by atoms with E-state index >= 15 is 0 Å². The third-order valence-electron chi connectivity index (χ3n) is 6.94. The molecule has 29 heavy (non-hydrogen) atoms. The SMILES string of the molecule is CCOCCCCCCN1C[C@H](O[Si](C)(C)C(C)(C)C)[C@H]2OC(C)(C)O[C@H]2[C@H]1C. The molecule has 0 aromatic heterocycles. The molecule has 0 unspecified atom stereocenters. The van der Waals surface area contributed by atoms with Gasteiger partial charge in [-0.3, -0.25) is 4.90 Å². The first-order chi connectivity index (χ1) is 13.4. The average molecular weight is 430 g/mol. The summed E-state index contributed by atoms with van der Waals surface area (Å²) in [4.78, 5) is 2.58. The molecule has 0 amide bonds. The lowest BCUT2D eigenvalue weighted by Crippen LogP contribution is -2.62. The molecule has 0 saturated carbocycles. The highest BCUT2D eigenvalue weighted by molar-refractivity contribution is 6.74. The zero-order valence-corrected chi connectivity index (χ0v) is 21.5. The highest BCUT2D eigenvalue weighted by atomic mass is 28.4. The van der Waals surface area contributed by atoms with Gasteiger partial charge in [-0.15, -0.1) is 0 Å². The zero-order chi connectivity index (χ0) is 21.9. The van der Waals surface area contributed by atoms with Crippen molar-refractivity contribution in [2.24, 2.45) is 0 Å². The minimum Gasteiger partial charge on any atom is -0.410 e. The molecule has 2 rings (SSSR count). The summed E-state index contributed by atoms with van der Waals surface area (Å²) in [6, 6.07) is 0.351. The van der Waals surface area contributed by atoms with Gasteiger partial charge in [0, 0.05) is 25.8 Å². The first-order valence-corrected chi connectivity index (χ1v) is 14.6. The van der Waals surface area contributed by atoms with Crippen molar-refractivity contribution >= 4 is 8.32 Å². The molecule has 172 valence electrons. The van der Waals surface area contributed by atoms with Crippen LogP contribution in [-0.2, 0) is 18.6 Å². The number of nitrogens with zero attached hydrogens (tertiary/aromatic N) is 1. The van der Waals surface area contributed by atoms with Gasteiger partial charge >= 0.3 is 0 Å². The molecule has 0 radical (unpaired) electrons. The minimum atomic E-state index is -1.88. The Bertz CT molecular complexity index is 506. The Morgan fingerprint density at radius 1 is 1.03 bits per heavy atom. The van der Waals surface area contributed by atoms with E-state index in [9.17, 15) is 0 Å². The maximum atomic E-state index is 6.88. The molecule has 0 aromatic carbocycles. The second-order valence-corrected chi connectivity index (χ2v) is 15.6. The Hall–Kier alpha value is 0.0169. The molecule has 6 heteroatoms. The van der Waals surface area contributed by atoms with Crippen molar-refractivity contribution in [2.45, 2.75) is 122 Å². The van der Waals surface area contributed by atoms with Crippen LogP contribution in [0, 0.1) is 0 Å². The number of hydrogen-bond donors (Lipinski definition) is 0. The predicted molar refractivity (Wildman–Crippen MR) is 122 cm³/mol. The Morgan fingerprint density at radius 3 is 2.28 bits per heavy atom. The van der Waals surface area contributed by atoms with E-state index in [2.05, 4.69) is 52.6 Å². The van der Waals surface area contributed by atoms with Crippen LogP contribution in [0.1, 0.15) is 74.1 Å². The fourth-order valence-corrected chi connectivity index (χ4v) is 5.48. The van der Waals surface area contributed by atoms with Gasteiger partial charge in [0.25, 0.3) is 0 Å². The molecule has 2 fully saturated rings. The largest absolute Gasteiger partial charge is 0.410 e. The topological polar surface area (TPSA) is 40.2 Å². The van der Waals surface area contributed by atoms with Crippen LogP contribution in [0.5, 0.6) is 0 Å². The van der Waals surface area contributed by atoms with Crippen molar-refractivity contribution in [3.05, 3.63) is 0 Å². The summed E-state index contributed by atoms with van der Waals surface area (Å²) < 4.78 is 25.0. The Morgan fingerprint density at radius 2 is 1.66 bits per heavy atom. The van der Waals surface area contributed by atoms with E-state index in [-0.39, 0.29) is 23.4 Å². The van der Waals surface area contributed by atoms with Gasteiger partial charge in [-0.25, -0.2) is 0 Å². The lowest BCUT2D eigenvalue weighted by molar-refractivity contribution is -0.152. The van der Waals surface area contributed by atoms with E-state index < -0.39 is 14.1 Å². The number of likely N-dealkylation sites (tertiary alicyclic amines) is 1. The smallest absolute Gasteiger partial charge is 0.192 e. The molecule has 2 saturated heterocycles. The third kappa shape index (κ3) is 6.75. The normalized spacial score (nSPS) is 30.5. The van der Waals surface area contributed by atoms with Crippen molar-refractivity contribution in [3.8, 4) is 0 Å². The lowest BCUT2D eigenvalue weighted by atomic mass is 9.94. The number of fused-ring (bicyclic) bond motifs is 1. The van der Waals surface area contributed by atoms with Crippen LogP contribution < -0.4 is 0 Å². The van der Waals surface area contributed by atoms with E-state index in [4.69, 9.17) is 18.6 Å². The van der Waals surface area contributed by atoms with Crippen LogP contribution in [0.3, 0.4) is 0 Å².